The highest BCUT2D eigenvalue weighted by atomic mass is 19.4. The molecule has 0 saturated heterocycles. The minimum atomic E-state index is -5.29. The zero-order valence-corrected chi connectivity index (χ0v) is 24.1. The second kappa shape index (κ2) is 12.9. The monoisotopic (exact) mass is 637 g/mol. The number of carbonyl (C=O) groups excluding carboxylic acids is 2. The highest BCUT2D eigenvalue weighted by Crippen LogP contribution is 2.51. The van der Waals surface area contributed by atoms with Crippen LogP contribution in [0.3, 0.4) is 0 Å². The summed E-state index contributed by atoms with van der Waals surface area (Å²) in [5, 5.41) is 21.0. The van der Waals surface area contributed by atoms with Gasteiger partial charge in [-0.3, -0.25) is 19.6 Å². The lowest BCUT2D eigenvalue weighted by Crippen LogP contribution is -2.50. The lowest BCUT2D eigenvalue weighted by Gasteiger charge is -2.28. The maximum atomic E-state index is 15.3. The SMILES string of the molecule is CC(c1cc(F)c(NC(=O)[C@@H](NC(=O)c2ccnn2C(C)C)C(C2CC2)C2CC2)cc1OC(F)(F)F)C(O)NCC(F)(F)F. The Morgan fingerprint density at radius 1 is 1.07 bits per heavy atom. The lowest BCUT2D eigenvalue weighted by molar-refractivity contribution is -0.275. The van der Waals surface area contributed by atoms with E-state index >= 15 is 4.39 Å². The van der Waals surface area contributed by atoms with Gasteiger partial charge in [0, 0.05) is 29.8 Å². The largest absolute Gasteiger partial charge is 0.573 e. The van der Waals surface area contributed by atoms with Gasteiger partial charge in [-0.2, -0.15) is 18.3 Å². The van der Waals surface area contributed by atoms with Gasteiger partial charge in [-0.1, -0.05) is 6.92 Å². The molecule has 0 radical (unpaired) electrons. The molecule has 4 rings (SSSR count). The summed E-state index contributed by atoms with van der Waals surface area (Å²) in [7, 11) is 0. The summed E-state index contributed by atoms with van der Waals surface area (Å²) in [5.74, 6) is -5.27. The van der Waals surface area contributed by atoms with Gasteiger partial charge in [0.1, 0.15) is 29.5 Å². The van der Waals surface area contributed by atoms with Crippen molar-refractivity contribution in [1.29, 1.82) is 0 Å². The van der Waals surface area contributed by atoms with Crippen molar-refractivity contribution in [3.05, 3.63) is 41.5 Å². The molecule has 2 aliphatic carbocycles. The van der Waals surface area contributed by atoms with Crippen LogP contribution in [-0.4, -0.2) is 58.1 Å². The van der Waals surface area contributed by atoms with E-state index in [0.717, 1.165) is 32.6 Å². The standard InChI is InChI=1S/C28H34F7N5O4/c1-13(2)40-20(8-9-37-40)25(42)39-23(22(15-4-5-15)16-6-7-16)26(43)38-19-11-21(44-28(33,34)35)17(10-18(19)29)14(3)24(41)36-12-27(30,31)32/h8-11,13-16,22-24,36,41H,4-7,12H2,1-3H3,(H,38,43)(H,39,42)/t14?,23-,24?/m0/s1. The first-order valence-electron chi connectivity index (χ1n) is 14.2. The zero-order chi connectivity index (χ0) is 32.6. The summed E-state index contributed by atoms with van der Waals surface area (Å²) in [6, 6.07) is 1.25. The summed E-state index contributed by atoms with van der Waals surface area (Å²) < 4.78 is 98.5. The maximum Gasteiger partial charge on any atom is 0.573 e. The van der Waals surface area contributed by atoms with Crippen LogP contribution in [0, 0.1) is 23.6 Å². The molecule has 4 N–H and O–H groups in total. The first kappa shape index (κ1) is 33.5. The Kier molecular flexibility index (Phi) is 9.83. The number of alkyl halides is 6. The number of benzene rings is 1. The number of rotatable bonds is 13. The smallest absolute Gasteiger partial charge is 0.405 e. The van der Waals surface area contributed by atoms with Crippen LogP contribution >= 0.6 is 0 Å². The van der Waals surface area contributed by atoms with Crippen molar-refractivity contribution in [1.82, 2.24) is 20.4 Å². The van der Waals surface area contributed by atoms with E-state index in [1.165, 1.54) is 16.9 Å². The maximum absolute atomic E-state index is 15.3. The molecule has 2 amide bonds. The second-order valence-corrected chi connectivity index (χ2v) is 11.6. The van der Waals surface area contributed by atoms with E-state index in [4.69, 9.17) is 0 Å². The number of nitrogens with zero attached hydrogens (tertiary/aromatic N) is 2. The van der Waals surface area contributed by atoms with Crippen LogP contribution in [0.4, 0.5) is 36.4 Å². The van der Waals surface area contributed by atoms with Crippen molar-refractivity contribution < 1.29 is 50.2 Å². The van der Waals surface area contributed by atoms with Crippen LogP contribution in [0.15, 0.2) is 24.4 Å². The van der Waals surface area contributed by atoms with Gasteiger partial charge in [0.15, 0.2) is 0 Å². The van der Waals surface area contributed by atoms with E-state index in [9.17, 15) is 41.0 Å². The minimum Gasteiger partial charge on any atom is -0.405 e. The fourth-order valence-electron chi connectivity index (χ4n) is 5.36. The van der Waals surface area contributed by atoms with Gasteiger partial charge >= 0.3 is 12.5 Å². The molecule has 1 aromatic heterocycles. The van der Waals surface area contributed by atoms with Gasteiger partial charge in [0.2, 0.25) is 5.91 Å². The van der Waals surface area contributed by atoms with E-state index in [0.29, 0.717) is 12.1 Å². The third kappa shape index (κ3) is 8.61. The van der Waals surface area contributed by atoms with Crippen LogP contribution in [0.5, 0.6) is 5.75 Å². The molecule has 0 spiro atoms. The van der Waals surface area contributed by atoms with Crippen molar-refractivity contribution in [3.63, 3.8) is 0 Å². The van der Waals surface area contributed by atoms with E-state index in [1.54, 1.807) is 5.32 Å². The molecule has 1 aromatic carbocycles. The van der Waals surface area contributed by atoms with E-state index in [-0.39, 0.29) is 29.5 Å². The van der Waals surface area contributed by atoms with E-state index < -0.39 is 71.9 Å². The number of carbonyl (C=O) groups is 2. The molecule has 9 nitrogen and oxygen atoms in total. The van der Waals surface area contributed by atoms with Crippen molar-refractivity contribution in [2.45, 2.75) is 83.2 Å². The molecule has 16 heteroatoms. The predicted molar refractivity (Wildman–Crippen MR) is 143 cm³/mol. The van der Waals surface area contributed by atoms with E-state index in [1.807, 2.05) is 13.8 Å². The number of hydrogen-bond acceptors (Lipinski definition) is 6. The summed E-state index contributed by atoms with van der Waals surface area (Å²) in [4.78, 5) is 27.0. The van der Waals surface area contributed by atoms with Crippen LogP contribution in [0.1, 0.15) is 74.5 Å². The Morgan fingerprint density at radius 3 is 2.20 bits per heavy atom. The highest BCUT2D eigenvalue weighted by molar-refractivity contribution is 6.01. The van der Waals surface area contributed by atoms with Crippen LogP contribution in [-0.2, 0) is 4.79 Å². The number of hydrogen-bond donors (Lipinski definition) is 4. The average Bonchev–Trinajstić information content (AvgIpc) is 3.86. The number of anilines is 1. The van der Waals surface area contributed by atoms with Crippen molar-refractivity contribution in [2.75, 3.05) is 11.9 Å². The number of halogens is 7. The number of aromatic nitrogens is 2. The van der Waals surface area contributed by atoms with Gasteiger partial charge in [0.25, 0.3) is 5.91 Å². The summed E-state index contributed by atoms with van der Waals surface area (Å²) in [5.41, 5.74) is -1.12. The Balaban J connectivity index is 1.63. The normalized spacial score (nSPS) is 17.8. The molecule has 2 aromatic rings. The Hall–Kier alpha value is -3.40. The van der Waals surface area contributed by atoms with Crippen LogP contribution < -0.4 is 20.7 Å². The number of aliphatic hydroxyl groups excluding tert-OH is 1. The molecule has 1 heterocycles. The number of aliphatic hydroxyl groups is 1. The first-order chi connectivity index (χ1) is 20.4. The van der Waals surface area contributed by atoms with E-state index in [2.05, 4.69) is 20.5 Å². The average molecular weight is 638 g/mol. The van der Waals surface area contributed by atoms with Gasteiger partial charge in [-0.05, 0) is 69.4 Å². The Bertz CT molecular complexity index is 1330. The van der Waals surface area contributed by atoms with Gasteiger partial charge in [0.05, 0.1) is 12.2 Å². The van der Waals surface area contributed by atoms with Crippen molar-refractivity contribution in [3.8, 4) is 5.75 Å². The van der Waals surface area contributed by atoms with Gasteiger partial charge in [-0.25, -0.2) is 4.39 Å². The van der Waals surface area contributed by atoms with Crippen molar-refractivity contribution >= 4 is 17.5 Å². The molecule has 2 saturated carbocycles. The molecule has 244 valence electrons. The molecule has 2 aliphatic rings. The molecular formula is C28H34F7N5O4. The number of nitrogens with one attached hydrogen (secondary N) is 3. The fourth-order valence-corrected chi connectivity index (χ4v) is 5.36. The highest BCUT2D eigenvalue weighted by Gasteiger charge is 2.48. The Morgan fingerprint density at radius 2 is 1.68 bits per heavy atom. The summed E-state index contributed by atoms with van der Waals surface area (Å²) in [6.07, 6.45) is -7.34. The first-order valence-corrected chi connectivity index (χ1v) is 14.2. The Labute approximate surface area is 248 Å². The number of ether oxygens (including phenoxy) is 1. The molecule has 0 aliphatic heterocycles. The third-order valence-electron chi connectivity index (χ3n) is 7.74. The quantitative estimate of drug-likeness (QED) is 0.176. The van der Waals surface area contributed by atoms with Crippen LogP contribution in [0.25, 0.3) is 0 Å². The molecule has 0 bridgehead atoms. The predicted octanol–water partition coefficient (Wildman–Crippen LogP) is 5.25. The fraction of sp³-hybridized carbons (Fsp3) is 0.607. The summed E-state index contributed by atoms with van der Waals surface area (Å²) >= 11 is 0. The molecule has 2 fully saturated rings. The van der Waals surface area contributed by atoms with Crippen LogP contribution in [0.2, 0.25) is 0 Å². The second-order valence-electron chi connectivity index (χ2n) is 11.6. The number of amides is 2. The minimum absolute atomic E-state index is 0.122. The lowest BCUT2D eigenvalue weighted by atomic mass is 9.88. The third-order valence-corrected chi connectivity index (χ3v) is 7.74. The van der Waals surface area contributed by atoms with Gasteiger partial charge in [-0.15, -0.1) is 13.2 Å². The molecule has 2 unspecified atom stereocenters. The molecule has 44 heavy (non-hydrogen) atoms. The summed E-state index contributed by atoms with van der Waals surface area (Å²) in [6.45, 7) is 3.04. The molecule has 3 atom stereocenters. The zero-order valence-electron chi connectivity index (χ0n) is 24.1. The topological polar surface area (TPSA) is 118 Å². The molecular weight excluding hydrogens is 603 g/mol. The van der Waals surface area contributed by atoms with Gasteiger partial charge < -0.3 is 20.5 Å². The van der Waals surface area contributed by atoms with Crippen molar-refractivity contribution in [2.24, 2.45) is 17.8 Å².